The number of benzene rings is 1. The average Bonchev–Trinajstić information content (AvgIpc) is 3.15. The van der Waals surface area contributed by atoms with Crippen LogP contribution in [0.25, 0.3) is 11.0 Å². The molecule has 1 unspecified atom stereocenters. The highest BCUT2D eigenvalue weighted by Gasteiger charge is 2.33. The molecule has 3 N–H and O–H groups in total. The predicted octanol–water partition coefficient (Wildman–Crippen LogP) is 3.26. The second kappa shape index (κ2) is 9.72. The number of halogens is 3. The van der Waals surface area contributed by atoms with Gasteiger partial charge in [0.15, 0.2) is 5.75 Å². The Labute approximate surface area is 199 Å². The Kier molecular flexibility index (Phi) is 6.88. The lowest BCUT2D eigenvalue weighted by Gasteiger charge is -2.22. The van der Waals surface area contributed by atoms with Crippen LogP contribution in [0.3, 0.4) is 0 Å². The fraction of sp³-hybridized carbons (Fsp3) is 0.409. The highest BCUT2D eigenvalue weighted by atomic mass is 32.2. The third-order valence-corrected chi connectivity index (χ3v) is 6.73. The molecule has 0 saturated heterocycles. The van der Waals surface area contributed by atoms with Crippen molar-refractivity contribution in [2.45, 2.75) is 32.0 Å². The Morgan fingerprint density at radius 3 is 2.77 bits per heavy atom. The quantitative estimate of drug-likeness (QED) is 0.396. The molecule has 1 amide bonds. The zero-order valence-corrected chi connectivity index (χ0v) is 19.6. The van der Waals surface area contributed by atoms with Gasteiger partial charge in [-0.05, 0) is 43.4 Å². The molecule has 35 heavy (non-hydrogen) atoms. The first-order chi connectivity index (χ1) is 16.5. The summed E-state index contributed by atoms with van der Waals surface area (Å²) < 4.78 is 65.1. The van der Waals surface area contributed by atoms with Gasteiger partial charge in [0, 0.05) is 24.4 Å². The summed E-state index contributed by atoms with van der Waals surface area (Å²) in [6.07, 6.45) is -0.515. The van der Waals surface area contributed by atoms with Gasteiger partial charge in [0.1, 0.15) is 27.6 Å². The van der Waals surface area contributed by atoms with E-state index < -0.39 is 21.9 Å². The Bertz CT molecular complexity index is 1340. The molecule has 0 radical (unpaired) electrons. The number of carbonyl (C=O) groups is 1. The molecular weight excluding hydrogens is 487 g/mol. The number of fused-ring (bicyclic) bond motifs is 3. The zero-order chi connectivity index (χ0) is 25.2. The van der Waals surface area contributed by atoms with E-state index in [0.29, 0.717) is 42.5 Å². The zero-order valence-electron chi connectivity index (χ0n) is 18.8. The number of H-pyrrole nitrogens is 1. The van der Waals surface area contributed by atoms with Gasteiger partial charge >= 0.3 is 6.36 Å². The first kappa shape index (κ1) is 24.8. The molecule has 2 aromatic heterocycles. The molecule has 0 aliphatic heterocycles. The molecule has 1 aliphatic rings. The van der Waals surface area contributed by atoms with Crippen molar-refractivity contribution in [1.82, 2.24) is 20.3 Å². The monoisotopic (exact) mass is 511 g/mol. The summed E-state index contributed by atoms with van der Waals surface area (Å²) in [7, 11) is -3.10. The number of nitrogens with zero attached hydrogens (tertiary/aromatic N) is 2. The van der Waals surface area contributed by atoms with E-state index >= 15 is 0 Å². The maximum Gasteiger partial charge on any atom is 0.573 e. The van der Waals surface area contributed by atoms with E-state index in [2.05, 4.69) is 30.3 Å². The van der Waals surface area contributed by atoms with Crippen LogP contribution in [0.5, 0.6) is 5.75 Å². The number of ether oxygens (including phenoxy) is 1. The number of carbonyl (C=O) groups excluding carboxylic acids is 1. The molecule has 13 heteroatoms. The van der Waals surface area contributed by atoms with Crippen LogP contribution in [0.1, 0.15) is 24.1 Å². The fourth-order valence-corrected chi connectivity index (χ4v) is 4.83. The third-order valence-electron chi connectivity index (χ3n) is 5.70. The third kappa shape index (κ3) is 6.21. The number of aromatic amines is 1. The summed E-state index contributed by atoms with van der Waals surface area (Å²) in [4.78, 5) is 24.4. The molecule has 0 saturated carbocycles. The normalized spacial score (nSPS) is 16.1. The van der Waals surface area contributed by atoms with Gasteiger partial charge in [0.2, 0.25) is 5.91 Å². The minimum Gasteiger partial charge on any atom is -0.404 e. The number of anilines is 2. The number of sulfone groups is 1. The lowest BCUT2D eigenvalue weighted by atomic mass is 9.86. The number of alkyl halides is 3. The highest BCUT2D eigenvalue weighted by molar-refractivity contribution is 7.90. The van der Waals surface area contributed by atoms with E-state index in [1.165, 1.54) is 24.5 Å². The lowest BCUT2D eigenvalue weighted by molar-refractivity contribution is -0.274. The standard InChI is InChI=1S/C22H24F3N5O4S/c1-35(32,33)10-4-9-26-21(31)13-7-8-15-14(11-13)18-19(29-15)27-12-28-20(18)30-16-5-2-3-6-17(16)34-22(23,24)25/h2-3,5-6,12-13H,4,7-11H2,1H3,(H,26,31)(H2,27,28,29,30). The molecule has 1 aliphatic carbocycles. The van der Waals surface area contributed by atoms with Crippen molar-refractivity contribution < 1.29 is 31.1 Å². The topological polar surface area (TPSA) is 126 Å². The van der Waals surface area contributed by atoms with Gasteiger partial charge in [-0.15, -0.1) is 13.2 Å². The second-order valence-electron chi connectivity index (χ2n) is 8.41. The van der Waals surface area contributed by atoms with Crippen LogP contribution in [0.15, 0.2) is 30.6 Å². The van der Waals surface area contributed by atoms with Gasteiger partial charge in [0.25, 0.3) is 0 Å². The van der Waals surface area contributed by atoms with Crippen molar-refractivity contribution in [3.63, 3.8) is 0 Å². The Morgan fingerprint density at radius 2 is 2.03 bits per heavy atom. The number of hydrogen-bond donors (Lipinski definition) is 3. The number of para-hydroxylation sites is 2. The maximum absolute atomic E-state index is 12.8. The number of rotatable bonds is 8. The fourth-order valence-electron chi connectivity index (χ4n) is 4.16. The van der Waals surface area contributed by atoms with Crippen molar-refractivity contribution in [2.75, 3.05) is 23.9 Å². The van der Waals surface area contributed by atoms with Crippen LogP contribution >= 0.6 is 0 Å². The maximum atomic E-state index is 12.8. The van der Waals surface area contributed by atoms with E-state index in [1.54, 1.807) is 6.07 Å². The first-order valence-electron chi connectivity index (χ1n) is 10.9. The summed E-state index contributed by atoms with van der Waals surface area (Å²) in [6, 6.07) is 5.64. The van der Waals surface area contributed by atoms with E-state index in [4.69, 9.17) is 0 Å². The predicted molar refractivity (Wildman–Crippen MR) is 123 cm³/mol. The second-order valence-corrected chi connectivity index (χ2v) is 10.7. The van der Waals surface area contributed by atoms with Crippen LogP contribution in [0.4, 0.5) is 24.7 Å². The minimum atomic E-state index is -4.85. The highest BCUT2D eigenvalue weighted by Crippen LogP contribution is 2.37. The van der Waals surface area contributed by atoms with Crippen LogP contribution < -0.4 is 15.4 Å². The largest absolute Gasteiger partial charge is 0.573 e. The van der Waals surface area contributed by atoms with Gasteiger partial charge in [-0.3, -0.25) is 4.79 Å². The van der Waals surface area contributed by atoms with E-state index in [1.807, 2.05) is 0 Å². The smallest absolute Gasteiger partial charge is 0.404 e. The number of aryl methyl sites for hydroxylation is 1. The van der Waals surface area contributed by atoms with Crippen LogP contribution in [-0.2, 0) is 27.5 Å². The summed E-state index contributed by atoms with van der Waals surface area (Å²) in [5.41, 5.74) is 2.30. The molecule has 188 valence electrons. The Hall–Kier alpha value is -3.35. The number of nitrogens with one attached hydrogen (secondary N) is 3. The Balaban J connectivity index is 1.55. The van der Waals surface area contributed by atoms with Crippen molar-refractivity contribution >= 4 is 38.3 Å². The first-order valence-corrected chi connectivity index (χ1v) is 13.0. The van der Waals surface area contributed by atoms with Gasteiger partial charge < -0.3 is 20.4 Å². The molecule has 1 atom stereocenters. The van der Waals surface area contributed by atoms with Crippen molar-refractivity contribution in [1.29, 1.82) is 0 Å². The molecular formula is C22H24F3N5O4S. The van der Waals surface area contributed by atoms with Crippen molar-refractivity contribution in [2.24, 2.45) is 5.92 Å². The number of aromatic nitrogens is 3. The molecule has 0 fully saturated rings. The number of hydrogen-bond acceptors (Lipinski definition) is 7. The van der Waals surface area contributed by atoms with Gasteiger partial charge in [0.05, 0.1) is 16.8 Å². The number of amides is 1. The van der Waals surface area contributed by atoms with Crippen molar-refractivity contribution in [3.05, 3.63) is 41.9 Å². The average molecular weight is 512 g/mol. The lowest BCUT2D eigenvalue weighted by Crippen LogP contribution is -2.35. The van der Waals surface area contributed by atoms with E-state index in [0.717, 1.165) is 17.5 Å². The molecule has 2 heterocycles. The molecule has 0 bridgehead atoms. The molecule has 9 nitrogen and oxygen atoms in total. The van der Waals surface area contributed by atoms with Crippen molar-refractivity contribution in [3.8, 4) is 5.75 Å². The minimum absolute atomic E-state index is 0.00353. The van der Waals surface area contributed by atoms with Crippen LogP contribution in [-0.4, -0.2) is 54.2 Å². The van der Waals surface area contributed by atoms with Crippen LogP contribution in [0.2, 0.25) is 0 Å². The molecule has 1 aromatic carbocycles. The molecule has 4 rings (SSSR count). The summed E-state index contributed by atoms with van der Waals surface area (Å²) in [5, 5.41) is 6.31. The molecule has 0 spiro atoms. The SMILES string of the molecule is CS(=O)(=O)CCCNC(=O)C1CCc2[nH]c3ncnc(Nc4ccccc4OC(F)(F)F)c3c2C1. The van der Waals surface area contributed by atoms with Crippen LogP contribution in [0, 0.1) is 5.92 Å². The summed E-state index contributed by atoms with van der Waals surface area (Å²) in [5.74, 6) is -0.624. The summed E-state index contributed by atoms with van der Waals surface area (Å²) >= 11 is 0. The van der Waals surface area contributed by atoms with Gasteiger partial charge in [-0.1, -0.05) is 12.1 Å². The van der Waals surface area contributed by atoms with E-state index in [-0.39, 0.29) is 29.8 Å². The van der Waals surface area contributed by atoms with Gasteiger partial charge in [-0.25, -0.2) is 18.4 Å². The molecule has 3 aromatic rings. The summed E-state index contributed by atoms with van der Waals surface area (Å²) in [6.45, 7) is 0.259. The van der Waals surface area contributed by atoms with E-state index in [9.17, 15) is 26.4 Å². The Morgan fingerprint density at radius 1 is 1.26 bits per heavy atom. The van der Waals surface area contributed by atoms with Gasteiger partial charge in [-0.2, -0.15) is 0 Å².